The van der Waals surface area contributed by atoms with E-state index in [2.05, 4.69) is 4.98 Å². The molecule has 1 heterocycles. The van der Waals surface area contributed by atoms with Crippen LogP contribution in [0.5, 0.6) is 11.5 Å². The predicted molar refractivity (Wildman–Crippen MR) is 68.1 cm³/mol. The van der Waals surface area contributed by atoms with Crippen molar-refractivity contribution < 1.29 is 4.74 Å². The van der Waals surface area contributed by atoms with Gasteiger partial charge in [0.1, 0.15) is 11.5 Å². The number of nitrogens with zero attached hydrogens (tertiary/aromatic N) is 1. The van der Waals surface area contributed by atoms with Crippen LogP contribution in [0.3, 0.4) is 0 Å². The second-order valence-electron chi connectivity index (χ2n) is 4.06. The fourth-order valence-corrected chi connectivity index (χ4v) is 1.59. The molecule has 3 nitrogen and oxygen atoms in total. The lowest BCUT2D eigenvalue weighted by atomic mass is 10.1. The highest BCUT2D eigenvalue weighted by molar-refractivity contribution is 5.38. The van der Waals surface area contributed by atoms with Gasteiger partial charge >= 0.3 is 0 Å². The summed E-state index contributed by atoms with van der Waals surface area (Å²) in [5, 5.41) is 0. The number of hydrogen-bond donors (Lipinski definition) is 1. The van der Waals surface area contributed by atoms with Gasteiger partial charge in [0, 0.05) is 17.3 Å². The Balaban J connectivity index is 2.26. The van der Waals surface area contributed by atoms with E-state index in [4.69, 9.17) is 10.5 Å². The van der Waals surface area contributed by atoms with Gasteiger partial charge in [-0.2, -0.15) is 0 Å². The average Bonchev–Trinajstić information content (AvgIpc) is 2.32. The van der Waals surface area contributed by atoms with Crippen molar-refractivity contribution in [3.63, 3.8) is 0 Å². The van der Waals surface area contributed by atoms with Crippen LogP contribution in [0, 0.1) is 6.92 Å². The molecule has 0 saturated carbocycles. The third-order valence-corrected chi connectivity index (χ3v) is 2.52. The SMILES string of the molecule is Cc1ccc(Oc2ccccc2C(C)N)cn1. The molecule has 0 aliphatic carbocycles. The van der Waals surface area contributed by atoms with Gasteiger partial charge in [-0.05, 0) is 32.0 Å². The number of ether oxygens (including phenoxy) is 1. The summed E-state index contributed by atoms with van der Waals surface area (Å²) < 4.78 is 5.78. The number of aryl methyl sites for hydroxylation is 1. The number of para-hydroxylation sites is 1. The van der Waals surface area contributed by atoms with E-state index in [-0.39, 0.29) is 6.04 Å². The molecule has 0 radical (unpaired) electrons. The Bertz CT molecular complexity index is 492. The summed E-state index contributed by atoms with van der Waals surface area (Å²) in [6, 6.07) is 11.6. The molecule has 3 heteroatoms. The number of aromatic nitrogens is 1. The maximum atomic E-state index is 5.90. The maximum absolute atomic E-state index is 5.90. The lowest BCUT2D eigenvalue weighted by molar-refractivity contribution is 0.469. The fourth-order valence-electron chi connectivity index (χ4n) is 1.59. The maximum Gasteiger partial charge on any atom is 0.145 e. The van der Waals surface area contributed by atoms with E-state index in [1.807, 2.05) is 50.2 Å². The first kappa shape index (κ1) is 11.6. The molecule has 0 amide bonds. The van der Waals surface area contributed by atoms with E-state index in [0.717, 1.165) is 22.8 Å². The van der Waals surface area contributed by atoms with Crippen LogP contribution in [0.2, 0.25) is 0 Å². The van der Waals surface area contributed by atoms with Crippen LogP contribution in [-0.2, 0) is 0 Å². The molecule has 0 fully saturated rings. The summed E-state index contributed by atoms with van der Waals surface area (Å²) in [7, 11) is 0. The van der Waals surface area contributed by atoms with Crippen LogP contribution in [0.4, 0.5) is 0 Å². The zero-order valence-electron chi connectivity index (χ0n) is 10.1. The number of pyridine rings is 1. The Labute approximate surface area is 101 Å². The van der Waals surface area contributed by atoms with Crippen molar-refractivity contribution in [2.24, 2.45) is 5.73 Å². The van der Waals surface area contributed by atoms with Gasteiger partial charge in [0.25, 0.3) is 0 Å². The lowest BCUT2D eigenvalue weighted by Crippen LogP contribution is -2.06. The molecule has 1 aromatic heterocycles. The first-order chi connectivity index (χ1) is 8.16. The number of rotatable bonds is 3. The summed E-state index contributed by atoms with van der Waals surface area (Å²) in [6.07, 6.45) is 1.72. The third-order valence-electron chi connectivity index (χ3n) is 2.52. The minimum absolute atomic E-state index is 0.0513. The van der Waals surface area contributed by atoms with Crippen LogP contribution >= 0.6 is 0 Å². The molecule has 2 N–H and O–H groups in total. The van der Waals surface area contributed by atoms with Crippen LogP contribution < -0.4 is 10.5 Å². The van der Waals surface area contributed by atoms with Crippen molar-refractivity contribution in [2.75, 3.05) is 0 Å². The van der Waals surface area contributed by atoms with Crippen molar-refractivity contribution in [1.29, 1.82) is 0 Å². The van der Waals surface area contributed by atoms with Gasteiger partial charge in [-0.15, -0.1) is 0 Å². The first-order valence-electron chi connectivity index (χ1n) is 5.62. The summed E-state index contributed by atoms with van der Waals surface area (Å²) in [6.45, 7) is 3.88. The van der Waals surface area contributed by atoms with Crippen molar-refractivity contribution in [3.8, 4) is 11.5 Å². The molecule has 0 aliphatic rings. The molecule has 0 saturated heterocycles. The minimum Gasteiger partial charge on any atom is -0.455 e. The molecule has 1 unspecified atom stereocenters. The fraction of sp³-hybridized carbons (Fsp3) is 0.214. The second kappa shape index (κ2) is 4.97. The van der Waals surface area contributed by atoms with Crippen molar-refractivity contribution >= 4 is 0 Å². The van der Waals surface area contributed by atoms with E-state index in [0.29, 0.717) is 0 Å². The highest BCUT2D eigenvalue weighted by atomic mass is 16.5. The molecule has 1 atom stereocenters. The largest absolute Gasteiger partial charge is 0.455 e. The van der Waals surface area contributed by atoms with E-state index < -0.39 is 0 Å². The Kier molecular flexibility index (Phi) is 3.40. The highest BCUT2D eigenvalue weighted by Crippen LogP contribution is 2.27. The van der Waals surface area contributed by atoms with Crippen molar-refractivity contribution in [1.82, 2.24) is 4.98 Å². The quantitative estimate of drug-likeness (QED) is 0.877. The van der Waals surface area contributed by atoms with Crippen LogP contribution in [0.1, 0.15) is 24.2 Å². The molecule has 2 aromatic rings. The van der Waals surface area contributed by atoms with Crippen LogP contribution in [0.15, 0.2) is 42.6 Å². The monoisotopic (exact) mass is 228 g/mol. The molecular weight excluding hydrogens is 212 g/mol. The summed E-state index contributed by atoms with van der Waals surface area (Å²) in [5.74, 6) is 1.51. The predicted octanol–water partition coefficient (Wildman–Crippen LogP) is 3.20. The van der Waals surface area contributed by atoms with Crippen LogP contribution in [-0.4, -0.2) is 4.98 Å². The molecule has 88 valence electrons. The normalized spacial score (nSPS) is 12.2. The van der Waals surface area contributed by atoms with Crippen molar-refractivity contribution in [3.05, 3.63) is 53.9 Å². The van der Waals surface area contributed by atoms with E-state index in [9.17, 15) is 0 Å². The molecule has 0 aliphatic heterocycles. The Hall–Kier alpha value is -1.87. The van der Waals surface area contributed by atoms with Gasteiger partial charge in [-0.1, -0.05) is 18.2 Å². The zero-order chi connectivity index (χ0) is 12.3. The van der Waals surface area contributed by atoms with Crippen molar-refractivity contribution in [2.45, 2.75) is 19.9 Å². The molecule has 0 bridgehead atoms. The smallest absolute Gasteiger partial charge is 0.145 e. The number of benzene rings is 1. The van der Waals surface area contributed by atoms with E-state index >= 15 is 0 Å². The molecule has 17 heavy (non-hydrogen) atoms. The van der Waals surface area contributed by atoms with Gasteiger partial charge in [-0.3, -0.25) is 4.98 Å². The topological polar surface area (TPSA) is 48.1 Å². The molecule has 1 aromatic carbocycles. The Morgan fingerprint density at radius 3 is 2.59 bits per heavy atom. The zero-order valence-corrected chi connectivity index (χ0v) is 10.1. The second-order valence-corrected chi connectivity index (χ2v) is 4.06. The van der Waals surface area contributed by atoms with Gasteiger partial charge in [0.15, 0.2) is 0 Å². The number of nitrogens with two attached hydrogens (primary N) is 1. The van der Waals surface area contributed by atoms with Crippen LogP contribution in [0.25, 0.3) is 0 Å². The minimum atomic E-state index is -0.0513. The van der Waals surface area contributed by atoms with Gasteiger partial charge in [0.2, 0.25) is 0 Å². The Morgan fingerprint density at radius 2 is 1.94 bits per heavy atom. The summed E-state index contributed by atoms with van der Waals surface area (Å²) >= 11 is 0. The first-order valence-corrected chi connectivity index (χ1v) is 5.62. The van der Waals surface area contributed by atoms with Gasteiger partial charge in [-0.25, -0.2) is 0 Å². The third kappa shape index (κ3) is 2.82. The van der Waals surface area contributed by atoms with Gasteiger partial charge < -0.3 is 10.5 Å². The van der Waals surface area contributed by atoms with Gasteiger partial charge in [0.05, 0.1) is 6.20 Å². The average molecular weight is 228 g/mol. The summed E-state index contributed by atoms with van der Waals surface area (Å²) in [4.78, 5) is 4.19. The highest BCUT2D eigenvalue weighted by Gasteiger charge is 2.07. The summed E-state index contributed by atoms with van der Waals surface area (Å²) in [5.41, 5.74) is 7.86. The lowest BCUT2D eigenvalue weighted by Gasteiger charge is -2.13. The molecular formula is C14H16N2O. The molecule has 0 spiro atoms. The Morgan fingerprint density at radius 1 is 1.18 bits per heavy atom. The standard InChI is InChI=1S/C14H16N2O/c1-10-7-8-12(9-16-10)17-14-6-4-3-5-13(14)11(2)15/h3-9,11H,15H2,1-2H3. The van der Waals surface area contributed by atoms with E-state index in [1.165, 1.54) is 0 Å². The van der Waals surface area contributed by atoms with E-state index in [1.54, 1.807) is 6.20 Å². The number of hydrogen-bond acceptors (Lipinski definition) is 3. The molecule has 2 rings (SSSR count).